The normalized spacial score (nSPS) is 11.0. The second-order valence-electron chi connectivity index (χ2n) is 6.47. The maximum absolute atomic E-state index is 13.3. The number of aryl methyl sites for hydroxylation is 1. The number of nitrogens with zero attached hydrogens (tertiary/aromatic N) is 1. The summed E-state index contributed by atoms with van der Waals surface area (Å²) in [5.41, 5.74) is 4.14. The van der Waals surface area contributed by atoms with Crippen LogP contribution in [0.3, 0.4) is 0 Å². The topological polar surface area (TPSA) is 22.0 Å². The van der Waals surface area contributed by atoms with Crippen molar-refractivity contribution in [2.24, 2.45) is 0 Å². The molecule has 0 saturated carbocycles. The van der Waals surface area contributed by atoms with Crippen molar-refractivity contribution in [3.05, 3.63) is 105 Å². The summed E-state index contributed by atoms with van der Waals surface area (Å²) in [5.74, 6) is 0. The summed E-state index contributed by atoms with van der Waals surface area (Å²) in [6.07, 6.45) is 0. The maximum atomic E-state index is 13.3. The number of benzene rings is 3. The lowest BCUT2D eigenvalue weighted by atomic mass is 10.1. The first-order chi connectivity index (χ1) is 12.6. The number of halogens is 1. The van der Waals surface area contributed by atoms with Gasteiger partial charge in [-0.05, 0) is 36.2 Å². The number of hydrogen-bond donors (Lipinski definition) is 0. The lowest BCUT2D eigenvalue weighted by Crippen LogP contribution is -2.22. The van der Waals surface area contributed by atoms with E-state index in [1.807, 2.05) is 59.2 Å². The first-order valence-corrected chi connectivity index (χ1v) is 8.94. The summed E-state index contributed by atoms with van der Waals surface area (Å²) < 4.78 is 1.83. The molecule has 3 aromatic carbocycles. The lowest BCUT2D eigenvalue weighted by molar-refractivity contribution is 0.777. The summed E-state index contributed by atoms with van der Waals surface area (Å²) in [6, 6.07) is 25.7. The fraction of sp³-hybridized carbons (Fsp3) is 0.0870. The van der Waals surface area contributed by atoms with Crippen LogP contribution < -0.4 is 5.56 Å². The number of aromatic nitrogens is 1. The van der Waals surface area contributed by atoms with Gasteiger partial charge in [0.15, 0.2) is 0 Å². The highest BCUT2D eigenvalue weighted by Gasteiger charge is 2.13. The molecule has 1 heterocycles. The van der Waals surface area contributed by atoms with Gasteiger partial charge in [0, 0.05) is 15.8 Å². The van der Waals surface area contributed by atoms with Crippen molar-refractivity contribution in [1.29, 1.82) is 0 Å². The van der Waals surface area contributed by atoms with Gasteiger partial charge in [0.05, 0.1) is 12.2 Å². The average molecular weight is 360 g/mol. The van der Waals surface area contributed by atoms with Crippen molar-refractivity contribution < 1.29 is 0 Å². The predicted molar refractivity (Wildman–Crippen MR) is 109 cm³/mol. The molecule has 0 fully saturated rings. The van der Waals surface area contributed by atoms with E-state index < -0.39 is 0 Å². The van der Waals surface area contributed by atoms with Gasteiger partial charge in [0.2, 0.25) is 0 Å². The quantitative estimate of drug-likeness (QED) is 0.461. The maximum Gasteiger partial charge on any atom is 0.259 e. The highest BCUT2D eigenvalue weighted by molar-refractivity contribution is 6.35. The Hall–Kier alpha value is -2.84. The van der Waals surface area contributed by atoms with Gasteiger partial charge in [-0.2, -0.15) is 0 Å². The molecule has 0 bridgehead atoms. The van der Waals surface area contributed by atoms with E-state index >= 15 is 0 Å². The Labute approximate surface area is 157 Å². The molecular formula is C23H18ClNO. The van der Waals surface area contributed by atoms with Crippen LogP contribution in [0.5, 0.6) is 0 Å². The smallest absolute Gasteiger partial charge is 0.259 e. The molecule has 3 heteroatoms. The average Bonchev–Trinajstić information content (AvgIpc) is 2.67. The summed E-state index contributed by atoms with van der Waals surface area (Å²) in [5, 5.41) is 2.03. The molecule has 26 heavy (non-hydrogen) atoms. The number of fused-ring (bicyclic) bond motifs is 1. The Morgan fingerprint density at radius 2 is 1.58 bits per heavy atom. The zero-order chi connectivity index (χ0) is 18.1. The molecule has 0 unspecified atom stereocenters. The van der Waals surface area contributed by atoms with E-state index in [0.717, 1.165) is 22.2 Å². The first kappa shape index (κ1) is 16.6. The van der Waals surface area contributed by atoms with Crippen LogP contribution in [-0.4, -0.2) is 4.57 Å². The zero-order valence-electron chi connectivity index (χ0n) is 14.4. The molecule has 0 aliphatic carbocycles. The van der Waals surface area contributed by atoms with Gasteiger partial charge in [-0.25, -0.2) is 0 Å². The van der Waals surface area contributed by atoms with Crippen molar-refractivity contribution in [2.75, 3.05) is 0 Å². The standard InChI is InChI=1S/C23H18ClNO/c1-16-10-12-17(13-11-16)15-25-22(18-6-3-2-4-7-18)14-20-19(23(25)26)8-5-9-21(20)24/h2-14H,15H2,1H3. The molecular weight excluding hydrogens is 342 g/mol. The zero-order valence-corrected chi connectivity index (χ0v) is 15.2. The number of rotatable bonds is 3. The highest BCUT2D eigenvalue weighted by atomic mass is 35.5. The van der Waals surface area contributed by atoms with Crippen LogP contribution in [0.25, 0.3) is 22.0 Å². The van der Waals surface area contributed by atoms with Crippen molar-refractivity contribution in [3.63, 3.8) is 0 Å². The minimum absolute atomic E-state index is 0.0237. The Morgan fingerprint density at radius 1 is 0.846 bits per heavy atom. The molecule has 0 radical (unpaired) electrons. The second kappa shape index (κ2) is 6.81. The Morgan fingerprint density at radius 3 is 2.31 bits per heavy atom. The van der Waals surface area contributed by atoms with E-state index in [1.54, 1.807) is 0 Å². The molecule has 0 aliphatic heterocycles. The molecule has 0 saturated heterocycles. The van der Waals surface area contributed by atoms with Crippen LogP contribution in [0.15, 0.2) is 83.7 Å². The molecule has 4 rings (SSSR count). The van der Waals surface area contributed by atoms with E-state index in [-0.39, 0.29) is 5.56 Å². The largest absolute Gasteiger partial charge is 0.303 e. The van der Waals surface area contributed by atoms with Gasteiger partial charge in [-0.15, -0.1) is 0 Å². The predicted octanol–water partition coefficient (Wildman–Crippen LogP) is 5.68. The van der Waals surface area contributed by atoms with Crippen LogP contribution in [0, 0.1) is 6.92 Å². The molecule has 0 amide bonds. The van der Waals surface area contributed by atoms with Gasteiger partial charge >= 0.3 is 0 Å². The monoisotopic (exact) mass is 359 g/mol. The Kier molecular flexibility index (Phi) is 4.36. The minimum Gasteiger partial charge on any atom is -0.303 e. The SMILES string of the molecule is Cc1ccc(Cn2c(-c3ccccc3)cc3c(Cl)cccc3c2=O)cc1. The van der Waals surface area contributed by atoms with E-state index in [1.165, 1.54) is 5.56 Å². The van der Waals surface area contributed by atoms with Crippen LogP contribution >= 0.6 is 11.6 Å². The third kappa shape index (κ3) is 3.04. The molecule has 0 atom stereocenters. The number of hydrogen-bond acceptors (Lipinski definition) is 1. The van der Waals surface area contributed by atoms with Gasteiger partial charge in [0.25, 0.3) is 5.56 Å². The van der Waals surface area contributed by atoms with Crippen LogP contribution in [0.1, 0.15) is 11.1 Å². The fourth-order valence-electron chi connectivity index (χ4n) is 3.22. The Balaban J connectivity index is 1.98. The molecule has 2 nitrogen and oxygen atoms in total. The van der Waals surface area contributed by atoms with Gasteiger partial charge in [-0.1, -0.05) is 77.8 Å². The van der Waals surface area contributed by atoms with E-state index in [0.29, 0.717) is 17.0 Å². The van der Waals surface area contributed by atoms with Crippen LogP contribution in [0.2, 0.25) is 5.02 Å². The van der Waals surface area contributed by atoms with Gasteiger partial charge < -0.3 is 4.57 Å². The number of pyridine rings is 1. The van der Waals surface area contributed by atoms with Crippen LogP contribution in [0.4, 0.5) is 0 Å². The summed E-state index contributed by atoms with van der Waals surface area (Å²) >= 11 is 6.37. The highest BCUT2D eigenvalue weighted by Crippen LogP contribution is 2.27. The first-order valence-electron chi connectivity index (χ1n) is 8.56. The van der Waals surface area contributed by atoms with Crippen molar-refractivity contribution in [3.8, 4) is 11.3 Å². The van der Waals surface area contributed by atoms with Crippen LogP contribution in [-0.2, 0) is 6.54 Å². The molecule has 128 valence electrons. The van der Waals surface area contributed by atoms with Gasteiger partial charge in [-0.3, -0.25) is 4.79 Å². The van der Waals surface area contributed by atoms with E-state index in [2.05, 4.69) is 31.2 Å². The minimum atomic E-state index is -0.0237. The molecule has 1 aromatic heterocycles. The van der Waals surface area contributed by atoms with Gasteiger partial charge in [0.1, 0.15) is 0 Å². The van der Waals surface area contributed by atoms with Crippen molar-refractivity contribution in [1.82, 2.24) is 4.57 Å². The fourth-order valence-corrected chi connectivity index (χ4v) is 3.45. The second-order valence-corrected chi connectivity index (χ2v) is 6.88. The molecule has 0 aliphatic rings. The summed E-state index contributed by atoms with van der Waals surface area (Å²) in [7, 11) is 0. The lowest BCUT2D eigenvalue weighted by Gasteiger charge is -2.16. The molecule has 0 N–H and O–H groups in total. The third-order valence-corrected chi connectivity index (χ3v) is 4.96. The van der Waals surface area contributed by atoms with Crippen molar-refractivity contribution in [2.45, 2.75) is 13.5 Å². The Bertz CT molecular complexity index is 1130. The molecule has 4 aromatic rings. The summed E-state index contributed by atoms with van der Waals surface area (Å²) in [4.78, 5) is 13.3. The van der Waals surface area contributed by atoms with Crippen molar-refractivity contribution >= 4 is 22.4 Å². The molecule has 0 spiro atoms. The third-order valence-electron chi connectivity index (χ3n) is 4.63. The summed E-state index contributed by atoms with van der Waals surface area (Å²) in [6.45, 7) is 2.58. The van der Waals surface area contributed by atoms with E-state index in [4.69, 9.17) is 11.6 Å². The van der Waals surface area contributed by atoms with E-state index in [9.17, 15) is 4.79 Å².